The molecule has 7 heteroatoms. The SMILES string of the molecule is CCNc1nc(NCC2CC(O)C2)nc(OC)n1. The second-order valence-electron chi connectivity index (χ2n) is 4.37. The molecule has 0 aliphatic heterocycles. The van der Waals surface area contributed by atoms with Gasteiger partial charge in [-0.3, -0.25) is 0 Å². The summed E-state index contributed by atoms with van der Waals surface area (Å²) in [5.41, 5.74) is 0. The van der Waals surface area contributed by atoms with Gasteiger partial charge in [0.2, 0.25) is 11.9 Å². The van der Waals surface area contributed by atoms with Gasteiger partial charge in [-0.05, 0) is 25.7 Å². The smallest absolute Gasteiger partial charge is 0.322 e. The van der Waals surface area contributed by atoms with E-state index in [1.54, 1.807) is 0 Å². The summed E-state index contributed by atoms with van der Waals surface area (Å²) in [5.74, 6) is 1.49. The van der Waals surface area contributed by atoms with Gasteiger partial charge in [0.1, 0.15) is 0 Å². The Hall–Kier alpha value is -1.63. The monoisotopic (exact) mass is 253 g/mol. The van der Waals surface area contributed by atoms with Gasteiger partial charge in [0.15, 0.2) is 0 Å². The van der Waals surface area contributed by atoms with Crippen LogP contribution >= 0.6 is 0 Å². The van der Waals surface area contributed by atoms with Crippen LogP contribution in [-0.2, 0) is 0 Å². The number of anilines is 2. The van der Waals surface area contributed by atoms with Crippen LogP contribution in [0.5, 0.6) is 6.01 Å². The van der Waals surface area contributed by atoms with Crippen molar-refractivity contribution >= 4 is 11.9 Å². The van der Waals surface area contributed by atoms with Crippen LogP contribution in [0.4, 0.5) is 11.9 Å². The maximum absolute atomic E-state index is 9.21. The van der Waals surface area contributed by atoms with E-state index in [4.69, 9.17) is 4.74 Å². The van der Waals surface area contributed by atoms with E-state index in [2.05, 4.69) is 25.6 Å². The lowest BCUT2D eigenvalue weighted by Crippen LogP contribution is -2.33. The van der Waals surface area contributed by atoms with Crippen molar-refractivity contribution in [2.45, 2.75) is 25.9 Å². The molecule has 1 aromatic heterocycles. The van der Waals surface area contributed by atoms with Crippen molar-refractivity contribution in [2.75, 3.05) is 30.8 Å². The van der Waals surface area contributed by atoms with Crippen LogP contribution in [0.3, 0.4) is 0 Å². The highest BCUT2D eigenvalue weighted by Gasteiger charge is 2.26. The largest absolute Gasteiger partial charge is 0.467 e. The quantitative estimate of drug-likeness (QED) is 0.679. The molecule has 1 aliphatic carbocycles. The van der Waals surface area contributed by atoms with Gasteiger partial charge in [-0.1, -0.05) is 0 Å². The first-order chi connectivity index (χ1) is 8.71. The molecule has 0 saturated heterocycles. The molecule has 0 aromatic carbocycles. The van der Waals surface area contributed by atoms with Gasteiger partial charge in [-0.15, -0.1) is 0 Å². The molecule has 18 heavy (non-hydrogen) atoms. The van der Waals surface area contributed by atoms with Gasteiger partial charge in [-0.25, -0.2) is 0 Å². The first-order valence-corrected chi connectivity index (χ1v) is 6.17. The third-order valence-electron chi connectivity index (χ3n) is 2.89. The topological polar surface area (TPSA) is 92.2 Å². The van der Waals surface area contributed by atoms with Crippen molar-refractivity contribution in [1.82, 2.24) is 15.0 Å². The number of aliphatic hydroxyl groups excluding tert-OH is 1. The van der Waals surface area contributed by atoms with Crippen molar-refractivity contribution in [3.8, 4) is 6.01 Å². The Bertz CT molecular complexity index is 395. The summed E-state index contributed by atoms with van der Waals surface area (Å²) in [6.45, 7) is 3.47. The number of ether oxygens (including phenoxy) is 1. The highest BCUT2D eigenvalue weighted by atomic mass is 16.5. The van der Waals surface area contributed by atoms with Crippen LogP contribution < -0.4 is 15.4 Å². The molecule has 1 saturated carbocycles. The van der Waals surface area contributed by atoms with Crippen LogP contribution in [0, 0.1) is 5.92 Å². The van der Waals surface area contributed by atoms with Crippen LogP contribution in [0.15, 0.2) is 0 Å². The minimum Gasteiger partial charge on any atom is -0.467 e. The fraction of sp³-hybridized carbons (Fsp3) is 0.727. The second-order valence-corrected chi connectivity index (χ2v) is 4.37. The zero-order valence-corrected chi connectivity index (χ0v) is 10.7. The number of aliphatic hydroxyl groups is 1. The molecule has 1 heterocycles. The number of hydrogen-bond donors (Lipinski definition) is 3. The molecule has 0 unspecified atom stereocenters. The zero-order chi connectivity index (χ0) is 13.0. The third kappa shape index (κ3) is 3.19. The molecule has 7 nitrogen and oxygen atoms in total. The molecule has 1 fully saturated rings. The Morgan fingerprint density at radius 2 is 1.89 bits per heavy atom. The predicted molar refractivity (Wildman–Crippen MR) is 67.8 cm³/mol. The number of hydrogen-bond acceptors (Lipinski definition) is 7. The van der Waals surface area contributed by atoms with Crippen molar-refractivity contribution in [3.63, 3.8) is 0 Å². The van der Waals surface area contributed by atoms with E-state index in [1.165, 1.54) is 7.11 Å². The fourth-order valence-electron chi connectivity index (χ4n) is 1.87. The number of nitrogens with one attached hydrogen (secondary N) is 2. The summed E-state index contributed by atoms with van der Waals surface area (Å²) in [4.78, 5) is 12.4. The van der Waals surface area contributed by atoms with Crippen molar-refractivity contribution in [1.29, 1.82) is 0 Å². The summed E-state index contributed by atoms with van der Waals surface area (Å²) in [7, 11) is 1.52. The lowest BCUT2D eigenvalue weighted by Gasteiger charge is -2.31. The Labute approximate surface area is 106 Å². The predicted octanol–water partition coefficient (Wildman–Crippen LogP) is 0.495. The van der Waals surface area contributed by atoms with Gasteiger partial charge in [-0.2, -0.15) is 15.0 Å². The maximum atomic E-state index is 9.21. The molecule has 2 rings (SSSR count). The number of rotatable bonds is 6. The molecule has 0 atom stereocenters. The molecule has 3 N–H and O–H groups in total. The third-order valence-corrected chi connectivity index (χ3v) is 2.89. The van der Waals surface area contributed by atoms with E-state index in [0.29, 0.717) is 17.8 Å². The summed E-state index contributed by atoms with van der Waals surface area (Å²) >= 11 is 0. The van der Waals surface area contributed by atoms with Crippen LogP contribution in [0.25, 0.3) is 0 Å². The maximum Gasteiger partial charge on any atom is 0.322 e. The van der Waals surface area contributed by atoms with E-state index in [0.717, 1.165) is 25.9 Å². The molecule has 0 spiro atoms. The molecule has 0 amide bonds. The summed E-state index contributed by atoms with van der Waals surface area (Å²) in [6.07, 6.45) is 1.55. The summed E-state index contributed by atoms with van der Waals surface area (Å²) in [5, 5.41) is 15.4. The van der Waals surface area contributed by atoms with E-state index >= 15 is 0 Å². The minimum atomic E-state index is -0.137. The molecular weight excluding hydrogens is 234 g/mol. The number of nitrogens with zero attached hydrogens (tertiary/aromatic N) is 3. The molecule has 0 radical (unpaired) electrons. The van der Waals surface area contributed by atoms with Crippen LogP contribution in [-0.4, -0.2) is 46.4 Å². The molecule has 1 aliphatic rings. The normalized spacial score (nSPS) is 22.2. The van der Waals surface area contributed by atoms with E-state index in [1.807, 2.05) is 6.92 Å². The average Bonchev–Trinajstić information content (AvgIpc) is 2.33. The van der Waals surface area contributed by atoms with Gasteiger partial charge in [0.25, 0.3) is 0 Å². The molecule has 0 bridgehead atoms. The summed E-state index contributed by atoms with van der Waals surface area (Å²) in [6, 6.07) is 0.289. The van der Waals surface area contributed by atoms with E-state index in [9.17, 15) is 5.11 Å². The second kappa shape index (κ2) is 5.81. The Kier molecular flexibility index (Phi) is 4.14. The highest BCUT2D eigenvalue weighted by molar-refractivity contribution is 5.35. The van der Waals surface area contributed by atoms with Crippen molar-refractivity contribution in [2.24, 2.45) is 5.92 Å². The van der Waals surface area contributed by atoms with E-state index in [-0.39, 0.29) is 12.1 Å². The number of methoxy groups -OCH3 is 1. The van der Waals surface area contributed by atoms with Gasteiger partial charge < -0.3 is 20.5 Å². The van der Waals surface area contributed by atoms with Gasteiger partial charge >= 0.3 is 6.01 Å². The molecule has 100 valence electrons. The first-order valence-electron chi connectivity index (χ1n) is 6.17. The minimum absolute atomic E-state index is 0.137. The number of aromatic nitrogens is 3. The Morgan fingerprint density at radius 1 is 1.22 bits per heavy atom. The van der Waals surface area contributed by atoms with Crippen LogP contribution in [0.2, 0.25) is 0 Å². The lowest BCUT2D eigenvalue weighted by atomic mass is 9.82. The Morgan fingerprint density at radius 3 is 2.44 bits per heavy atom. The zero-order valence-electron chi connectivity index (χ0n) is 10.7. The van der Waals surface area contributed by atoms with Crippen molar-refractivity contribution < 1.29 is 9.84 Å². The Balaban J connectivity index is 1.95. The van der Waals surface area contributed by atoms with Crippen LogP contribution in [0.1, 0.15) is 19.8 Å². The average molecular weight is 253 g/mol. The summed E-state index contributed by atoms with van der Waals surface area (Å²) < 4.78 is 5.02. The van der Waals surface area contributed by atoms with Gasteiger partial charge in [0.05, 0.1) is 13.2 Å². The fourth-order valence-corrected chi connectivity index (χ4v) is 1.87. The molecular formula is C11H19N5O2. The lowest BCUT2D eigenvalue weighted by molar-refractivity contribution is 0.0486. The van der Waals surface area contributed by atoms with E-state index < -0.39 is 0 Å². The molecule has 1 aromatic rings. The van der Waals surface area contributed by atoms with Crippen molar-refractivity contribution in [3.05, 3.63) is 0 Å². The highest BCUT2D eigenvalue weighted by Crippen LogP contribution is 2.27. The van der Waals surface area contributed by atoms with Gasteiger partial charge in [0, 0.05) is 13.1 Å². The first kappa shape index (κ1) is 12.8. The standard InChI is InChI=1S/C11H19N5O2/c1-3-12-9-14-10(16-11(15-9)18-2)13-6-7-4-8(17)5-7/h7-8,17H,3-6H2,1-2H3,(H2,12,13,14,15,16).